The molecule has 2 heterocycles. The molecule has 2 aromatic carbocycles. The summed E-state index contributed by atoms with van der Waals surface area (Å²) in [5.74, 6) is 3.78. The number of hydrogen-bond donors (Lipinski definition) is 2. The van der Waals surface area contributed by atoms with E-state index in [1.807, 2.05) is 29.2 Å². The number of aromatic nitrogens is 1. The first kappa shape index (κ1) is 19.8. The van der Waals surface area contributed by atoms with Crippen LogP contribution >= 0.6 is 0 Å². The number of carbonyl (C=O) groups is 2. The van der Waals surface area contributed by atoms with Crippen molar-refractivity contribution in [2.24, 2.45) is 5.73 Å². The molecule has 4 rings (SSSR count). The quantitative estimate of drug-likeness (QED) is 0.656. The Morgan fingerprint density at radius 3 is 2.83 bits per heavy atom. The number of fused-ring (bicyclic) bond motifs is 3. The Hall–Kier alpha value is -3.53. The molecule has 154 valence electrons. The third-order valence-corrected chi connectivity index (χ3v) is 5.79. The molecule has 6 nitrogen and oxygen atoms in total. The van der Waals surface area contributed by atoms with Gasteiger partial charge in [-0.2, -0.15) is 0 Å². The number of rotatable bonds is 3. The average Bonchev–Trinajstić information content (AvgIpc) is 3.12. The topological polar surface area (TPSA) is 82.4 Å². The molecule has 0 saturated carbocycles. The first-order valence-electron chi connectivity index (χ1n) is 9.89. The summed E-state index contributed by atoms with van der Waals surface area (Å²) >= 11 is 0. The average molecular weight is 406 g/mol. The van der Waals surface area contributed by atoms with E-state index >= 15 is 4.39 Å². The molecule has 0 aliphatic carbocycles. The summed E-state index contributed by atoms with van der Waals surface area (Å²) < 4.78 is 15.4. The molecular formula is C23H23FN4O2. The van der Waals surface area contributed by atoms with Gasteiger partial charge in [-0.05, 0) is 37.8 Å². The number of halogens is 1. The van der Waals surface area contributed by atoms with Crippen LogP contribution in [0.2, 0.25) is 0 Å². The second-order valence-corrected chi connectivity index (χ2v) is 7.57. The maximum atomic E-state index is 15.4. The summed E-state index contributed by atoms with van der Waals surface area (Å²) in [5.41, 5.74) is 7.42. The summed E-state index contributed by atoms with van der Waals surface area (Å²) in [6.07, 6.45) is 1.63. The van der Waals surface area contributed by atoms with Crippen molar-refractivity contribution in [3.63, 3.8) is 0 Å². The van der Waals surface area contributed by atoms with Crippen LogP contribution in [0, 0.1) is 17.7 Å². The molecule has 3 N–H and O–H groups in total. The van der Waals surface area contributed by atoms with Gasteiger partial charge in [-0.15, -0.1) is 0 Å². The first-order chi connectivity index (χ1) is 14.4. The molecule has 1 saturated heterocycles. The van der Waals surface area contributed by atoms with Gasteiger partial charge in [0.05, 0.1) is 16.8 Å². The zero-order valence-electron chi connectivity index (χ0n) is 17.0. The Morgan fingerprint density at radius 1 is 1.33 bits per heavy atom. The number of nitrogens with zero attached hydrogens (tertiary/aromatic N) is 2. The van der Waals surface area contributed by atoms with Crippen LogP contribution in [0.25, 0.3) is 21.8 Å². The molecule has 30 heavy (non-hydrogen) atoms. The predicted octanol–water partition coefficient (Wildman–Crippen LogP) is 3.01. The first-order valence-corrected chi connectivity index (χ1v) is 9.89. The minimum atomic E-state index is -0.683. The number of benzene rings is 2. The highest BCUT2D eigenvalue weighted by atomic mass is 19.1. The maximum Gasteiger partial charge on any atom is 0.298 e. The van der Waals surface area contributed by atoms with Gasteiger partial charge in [-0.25, -0.2) is 4.39 Å². The zero-order valence-corrected chi connectivity index (χ0v) is 17.0. The molecule has 1 fully saturated rings. The highest BCUT2D eigenvalue weighted by Gasteiger charge is 2.30. The Balaban J connectivity index is 1.85. The Morgan fingerprint density at radius 2 is 2.10 bits per heavy atom. The number of nitrogens with two attached hydrogens (primary N) is 1. The SMILES string of the molecule is CC#CC(=O)N(C)[C@H]1CCCN(c2c(F)cc(C(N)=O)c3[nH]c4ccccc4c23)C1. The number of piperidine rings is 1. The fraction of sp³-hybridized carbons (Fsp3) is 0.304. The number of carbonyl (C=O) groups excluding carboxylic acids is 2. The van der Waals surface area contributed by atoms with Crippen molar-refractivity contribution < 1.29 is 14.0 Å². The lowest BCUT2D eigenvalue weighted by Crippen LogP contribution is -2.48. The lowest BCUT2D eigenvalue weighted by atomic mass is 10.00. The number of likely N-dealkylation sites (N-methyl/N-ethyl adjacent to an activating group) is 1. The van der Waals surface area contributed by atoms with Crippen molar-refractivity contribution in [1.82, 2.24) is 9.88 Å². The molecule has 0 bridgehead atoms. The summed E-state index contributed by atoms with van der Waals surface area (Å²) in [4.78, 5) is 31.0. The van der Waals surface area contributed by atoms with Crippen LogP contribution in [0.4, 0.5) is 10.1 Å². The van der Waals surface area contributed by atoms with Crippen LogP contribution in [0.5, 0.6) is 0 Å². The summed E-state index contributed by atoms with van der Waals surface area (Å²) in [5, 5.41) is 1.47. The van der Waals surface area contributed by atoms with E-state index < -0.39 is 11.7 Å². The number of nitrogens with one attached hydrogen (secondary N) is 1. The Labute approximate surface area is 173 Å². The molecule has 0 radical (unpaired) electrons. The van der Waals surface area contributed by atoms with Crippen LogP contribution in [0.3, 0.4) is 0 Å². The molecule has 0 unspecified atom stereocenters. The monoisotopic (exact) mass is 406 g/mol. The van der Waals surface area contributed by atoms with Crippen LogP contribution in [-0.2, 0) is 4.79 Å². The van der Waals surface area contributed by atoms with E-state index in [1.54, 1.807) is 18.9 Å². The second kappa shape index (κ2) is 7.71. The van der Waals surface area contributed by atoms with E-state index in [1.165, 1.54) is 6.07 Å². The minimum Gasteiger partial charge on any atom is -0.367 e. The third-order valence-electron chi connectivity index (χ3n) is 5.79. The van der Waals surface area contributed by atoms with Crippen molar-refractivity contribution in [3.8, 4) is 11.8 Å². The second-order valence-electron chi connectivity index (χ2n) is 7.57. The lowest BCUT2D eigenvalue weighted by molar-refractivity contribution is -0.126. The van der Waals surface area contributed by atoms with Gasteiger partial charge in [0.15, 0.2) is 0 Å². The van der Waals surface area contributed by atoms with Crippen molar-refractivity contribution in [1.29, 1.82) is 0 Å². The predicted molar refractivity (Wildman–Crippen MR) is 116 cm³/mol. The van der Waals surface area contributed by atoms with E-state index in [9.17, 15) is 9.59 Å². The van der Waals surface area contributed by atoms with Gasteiger partial charge in [0.2, 0.25) is 0 Å². The highest BCUT2D eigenvalue weighted by molar-refractivity contribution is 6.19. The third kappa shape index (κ3) is 3.24. The number of H-pyrrole nitrogens is 1. The van der Waals surface area contributed by atoms with Gasteiger partial charge in [-0.3, -0.25) is 9.59 Å². The van der Waals surface area contributed by atoms with E-state index in [0.29, 0.717) is 29.7 Å². The molecule has 0 spiro atoms. The summed E-state index contributed by atoms with van der Waals surface area (Å²) in [6.45, 7) is 2.76. The van der Waals surface area contributed by atoms with Gasteiger partial charge in [-0.1, -0.05) is 24.1 Å². The van der Waals surface area contributed by atoms with Crippen LogP contribution in [0.15, 0.2) is 30.3 Å². The molecule has 1 aliphatic heterocycles. The smallest absolute Gasteiger partial charge is 0.298 e. The van der Waals surface area contributed by atoms with E-state index in [2.05, 4.69) is 16.8 Å². The number of amides is 2. The normalized spacial score (nSPS) is 16.4. The zero-order chi connectivity index (χ0) is 21.4. The van der Waals surface area contributed by atoms with Gasteiger partial charge in [0.1, 0.15) is 5.82 Å². The maximum absolute atomic E-state index is 15.4. The minimum absolute atomic E-state index is 0.0810. The number of primary amides is 1. The number of hydrogen-bond acceptors (Lipinski definition) is 3. The van der Waals surface area contributed by atoms with E-state index in [4.69, 9.17) is 5.73 Å². The molecule has 1 aliphatic rings. The molecule has 3 aromatic rings. The van der Waals surface area contributed by atoms with Crippen molar-refractivity contribution >= 4 is 39.3 Å². The molecule has 2 amide bonds. The van der Waals surface area contributed by atoms with Crippen LogP contribution in [-0.4, -0.2) is 47.9 Å². The van der Waals surface area contributed by atoms with Crippen molar-refractivity contribution in [2.75, 3.05) is 25.0 Å². The van der Waals surface area contributed by atoms with E-state index in [-0.39, 0.29) is 17.5 Å². The molecule has 1 aromatic heterocycles. The van der Waals surface area contributed by atoms with Gasteiger partial charge in [0.25, 0.3) is 11.8 Å². The lowest BCUT2D eigenvalue weighted by Gasteiger charge is -2.38. The van der Waals surface area contributed by atoms with Gasteiger partial charge >= 0.3 is 0 Å². The largest absolute Gasteiger partial charge is 0.367 e. The standard InChI is InChI=1S/C23H23FN4O2/c1-3-7-19(29)27(2)14-8-6-11-28(13-14)22-17(24)12-16(23(25)30)21-20(22)15-9-4-5-10-18(15)26-21/h4-5,9-10,12,14,26H,6,8,11,13H2,1-2H3,(H2,25,30)/t14-/m0/s1. The molecular weight excluding hydrogens is 383 g/mol. The van der Waals surface area contributed by atoms with Crippen LogP contribution in [0.1, 0.15) is 30.1 Å². The molecule has 7 heteroatoms. The van der Waals surface area contributed by atoms with Crippen LogP contribution < -0.4 is 10.6 Å². The highest BCUT2D eigenvalue weighted by Crippen LogP contribution is 2.39. The fourth-order valence-electron chi connectivity index (χ4n) is 4.31. The Kier molecular flexibility index (Phi) is 5.08. The van der Waals surface area contributed by atoms with Crippen molar-refractivity contribution in [2.45, 2.75) is 25.8 Å². The van der Waals surface area contributed by atoms with Crippen molar-refractivity contribution in [3.05, 3.63) is 41.7 Å². The summed E-state index contributed by atoms with van der Waals surface area (Å²) in [6, 6.07) is 8.67. The van der Waals surface area contributed by atoms with E-state index in [0.717, 1.165) is 23.7 Å². The molecule has 1 atom stereocenters. The number of aromatic amines is 1. The fourth-order valence-corrected chi connectivity index (χ4v) is 4.31. The van der Waals surface area contributed by atoms with Gasteiger partial charge in [0, 0.05) is 42.5 Å². The van der Waals surface area contributed by atoms with Gasteiger partial charge < -0.3 is 20.5 Å². The summed E-state index contributed by atoms with van der Waals surface area (Å²) in [7, 11) is 1.73. The number of anilines is 1. The Bertz CT molecular complexity index is 1220. The number of para-hydroxylation sites is 1.